The van der Waals surface area contributed by atoms with Crippen LogP contribution in [0.5, 0.6) is 0 Å². The predicted molar refractivity (Wildman–Crippen MR) is 72.6 cm³/mol. The van der Waals surface area contributed by atoms with Gasteiger partial charge in [-0.2, -0.15) is 5.26 Å². The molecule has 1 aromatic rings. The molecule has 0 aromatic carbocycles. The molecule has 0 spiro atoms. The molecule has 0 saturated carbocycles. The molecule has 0 radical (unpaired) electrons. The van der Waals surface area contributed by atoms with E-state index in [1.807, 2.05) is 12.1 Å². The van der Waals surface area contributed by atoms with E-state index in [9.17, 15) is 9.59 Å². The Bertz CT molecular complexity index is 547. The number of hydrogen-bond acceptors (Lipinski definition) is 7. The van der Waals surface area contributed by atoms with Crippen LogP contribution >= 0.6 is 0 Å². The smallest absolute Gasteiger partial charge is 0.340 e. The number of pyridine rings is 1. The maximum absolute atomic E-state index is 11.5. The van der Waals surface area contributed by atoms with E-state index in [-0.39, 0.29) is 0 Å². The van der Waals surface area contributed by atoms with Crippen LogP contribution in [-0.2, 0) is 25.5 Å². The summed E-state index contributed by atoms with van der Waals surface area (Å²) < 4.78 is 8.99. The SMILES string of the molecule is COC(=O)C(N/C=C(\C#N)Cc1cccnc1)C(=O)OC. The first-order valence-corrected chi connectivity index (χ1v) is 6.02. The second-order valence-electron chi connectivity index (χ2n) is 3.97. The van der Waals surface area contributed by atoms with Crippen LogP contribution in [0, 0.1) is 11.3 Å². The molecule has 0 bridgehead atoms. The molecule has 0 aliphatic heterocycles. The number of aromatic nitrogens is 1. The average Bonchev–Trinajstić information content (AvgIpc) is 2.54. The third-order valence-corrected chi connectivity index (χ3v) is 2.56. The summed E-state index contributed by atoms with van der Waals surface area (Å²) in [4.78, 5) is 26.9. The Balaban J connectivity index is 2.80. The topological polar surface area (TPSA) is 101 Å². The van der Waals surface area contributed by atoms with E-state index >= 15 is 0 Å². The van der Waals surface area contributed by atoms with Crippen molar-refractivity contribution in [3.63, 3.8) is 0 Å². The number of carbonyl (C=O) groups excluding carboxylic acids is 2. The van der Waals surface area contributed by atoms with Gasteiger partial charge in [0, 0.05) is 30.6 Å². The number of carbonyl (C=O) groups is 2. The molecule has 1 aromatic heterocycles. The Labute approximate surface area is 122 Å². The molecule has 0 fully saturated rings. The van der Waals surface area contributed by atoms with Gasteiger partial charge in [-0.1, -0.05) is 6.07 Å². The highest BCUT2D eigenvalue weighted by Crippen LogP contribution is 2.05. The Morgan fingerprint density at radius 1 is 1.43 bits per heavy atom. The van der Waals surface area contributed by atoms with Crippen molar-refractivity contribution in [2.45, 2.75) is 12.5 Å². The van der Waals surface area contributed by atoms with Gasteiger partial charge in [-0.15, -0.1) is 0 Å². The van der Waals surface area contributed by atoms with Crippen LogP contribution in [0.15, 0.2) is 36.3 Å². The summed E-state index contributed by atoms with van der Waals surface area (Å²) >= 11 is 0. The van der Waals surface area contributed by atoms with Crippen LogP contribution in [0.4, 0.5) is 0 Å². The number of nitriles is 1. The Hall–Kier alpha value is -2.88. The lowest BCUT2D eigenvalue weighted by molar-refractivity contribution is -0.154. The van der Waals surface area contributed by atoms with E-state index in [1.165, 1.54) is 6.20 Å². The molecule has 0 atom stereocenters. The molecule has 0 aliphatic carbocycles. The minimum atomic E-state index is -1.31. The molecule has 21 heavy (non-hydrogen) atoms. The number of hydrogen-bond donors (Lipinski definition) is 1. The molecule has 1 N–H and O–H groups in total. The molecular weight excluding hydrogens is 274 g/mol. The molecule has 1 heterocycles. The van der Waals surface area contributed by atoms with Gasteiger partial charge in [0.1, 0.15) is 0 Å². The van der Waals surface area contributed by atoms with Crippen LogP contribution in [0.1, 0.15) is 5.56 Å². The van der Waals surface area contributed by atoms with E-state index in [1.54, 1.807) is 18.5 Å². The van der Waals surface area contributed by atoms with Crippen LogP contribution in [0.3, 0.4) is 0 Å². The Morgan fingerprint density at radius 3 is 2.57 bits per heavy atom. The second kappa shape index (κ2) is 8.32. The van der Waals surface area contributed by atoms with E-state index in [4.69, 9.17) is 5.26 Å². The molecule has 7 nitrogen and oxygen atoms in total. The van der Waals surface area contributed by atoms with Crippen molar-refractivity contribution in [3.05, 3.63) is 41.9 Å². The summed E-state index contributed by atoms with van der Waals surface area (Å²) in [6.45, 7) is 0. The van der Waals surface area contributed by atoms with Crippen LogP contribution in [-0.4, -0.2) is 37.2 Å². The minimum absolute atomic E-state index is 0.326. The third-order valence-electron chi connectivity index (χ3n) is 2.56. The maximum atomic E-state index is 11.5. The molecular formula is C14H15N3O4. The largest absolute Gasteiger partial charge is 0.467 e. The summed E-state index contributed by atoms with van der Waals surface area (Å²) in [6, 6.07) is 4.25. The molecule has 1 rings (SSSR count). The second-order valence-corrected chi connectivity index (χ2v) is 3.97. The van der Waals surface area contributed by atoms with E-state index in [2.05, 4.69) is 19.8 Å². The van der Waals surface area contributed by atoms with Gasteiger partial charge in [0.2, 0.25) is 6.04 Å². The first kappa shape index (κ1) is 16.2. The van der Waals surface area contributed by atoms with Crippen molar-refractivity contribution in [2.24, 2.45) is 0 Å². The lowest BCUT2D eigenvalue weighted by Gasteiger charge is -2.12. The van der Waals surface area contributed by atoms with Gasteiger partial charge in [0.15, 0.2) is 0 Å². The molecule has 0 unspecified atom stereocenters. The number of nitrogens with one attached hydrogen (secondary N) is 1. The molecule has 7 heteroatoms. The highest BCUT2D eigenvalue weighted by Gasteiger charge is 2.27. The lowest BCUT2D eigenvalue weighted by Crippen LogP contribution is -2.42. The van der Waals surface area contributed by atoms with Crippen LogP contribution in [0.2, 0.25) is 0 Å². The number of ether oxygens (including phenoxy) is 2. The zero-order valence-corrected chi connectivity index (χ0v) is 11.7. The summed E-state index contributed by atoms with van der Waals surface area (Å²) in [6.07, 6.45) is 4.88. The van der Waals surface area contributed by atoms with Crippen molar-refractivity contribution < 1.29 is 19.1 Å². The van der Waals surface area contributed by atoms with Crippen molar-refractivity contribution in [1.29, 1.82) is 5.26 Å². The minimum Gasteiger partial charge on any atom is -0.467 e. The van der Waals surface area contributed by atoms with Gasteiger partial charge in [0.25, 0.3) is 0 Å². The highest BCUT2D eigenvalue weighted by molar-refractivity contribution is 5.99. The molecule has 0 aliphatic rings. The fraction of sp³-hybridized carbons (Fsp3) is 0.286. The zero-order chi connectivity index (χ0) is 15.7. The van der Waals surface area contributed by atoms with Crippen molar-refractivity contribution >= 4 is 11.9 Å². The van der Waals surface area contributed by atoms with Gasteiger partial charge >= 0.3 is 11.9 Å². The van der Waals surface area contributed by atoms with Crippen molar-refractivity contribution in [2.75, 3.05) is 14.2 Å². The van der Waals surface area contributed by atoms with Gasteiger partial charge in [-0.3, -0.25) is 4.98 Å². The molecule has 0 saturated heterocycles. The standard InChI is InChI=1S/C14H15N3O4/c1-20-13(18)12(14(19)21-2)17-9-11(7-15)6-10-4-3-5-16-8-10/h3-5,8-9,12,17H,6H2,1-2H3/b11-9-. The van der Waals surface area contributed by atoms with Crippen molar-refractivity contribution in [3.8, 4) is 6.07 Å². The third kappa shape index (κ3) is 4.95. The monoisotopic (exact) mass is 289 g/mol. The quantitative estimate of drug-likeness (QED) is 0.457. The summed E-state index contributed by atoms with van der Waals surface area (Å²) in [7, 11) is 2.31. The number of methoxy groups -OCH3 is 2. The first-order chi connectivity index (χ1) is 10.1. The number of rotatable bonds is 6. The molecule has 110 valence electrons. The summed E-state index contributed by atoms with van der Waals surface area (Å²) in [5.74, 6) is -1.59. The number of allylic oxidation sites excluding steroid dienone is 1. The first-order valence-electron chi connectivity index (χ1n) is 6.02. The zero-order valence-electron chi connectivity index (χ0n) is 11.7. The van der Waals surface area contributed by atoms with E-state index < -0.39 is 18.0 Å². The number of nitrogens with zero attached hydrogens (tertiary/aromatic N) is 2. The number of esters is 2. The van der Waals surface area contributed by atoms with Crippen LogP contribution in [0.25, 0.3) is 0 Å². The highest BCUT2D eigenvalue weighted by atomic mass is 16.5. The van der Waals surface area contributed by atoms with Gasteiger partial charge in [-0.25, -0.2) is 9.59 Å². The predicted octanol–water partition coefficient (Wildman–Crippen LogP) is 0.336. The molecule has 0 amide bonds. The van der Waals surface area contributed by atoms with Gasteiger partial charge in [-0.05, 0) is 11.6 Å². The van der Waals surface area contributed by atoms with Crippen molar-refractivity contribution in [1.82, 2.24) is 10.3 Å². The van der Waals surface area contributed by atoms with Crippen LogP contribution < -0.4 is 5.32 Å². The van der Waals surface area contributed by atoms with Gasteiger partial charge < -0.3 is 14.8 Å². The fourth-order valence-corrected chi connectivity index (χ4v) is 1.50. The maximum Gasteiger partial charge on any atom is 0.340 e. The Morgan fingerprint density at radius 2 is 2.10 bits per heavy atom. The van der Waals surface area contributed by atoms with E-state index in [0.717, 1.165) is 19.8 Å². The summed E-state index contributed by atoms with van der Waals surface area (Å²) in [5, 5.41) is 11.6. The normalized spacial score (nSPS) is 10.7. The Kier molecular flexibility index (Phi) is 6.41. The fourth-order valence-electron chi connectivity index (χ4n) is 1.50. The van der Waals surface area contributed by atoms with E-state index in [0.29, 0.717) is 12.0 Å². The summed E-state index contributed by atoms with van der Waals surface area (Å²) in [5.41, 5.74) is 1.17. The van der Waals surface area contributed by atoms with Gasteiger partial charge in [0.05, 0.1) is 20.3 Å². The average molecular weight is 289 g/mol. The lowest BCUT2D eigenvalue weighted by atomic mass is 10.1.